The van der Waals surface area contributed by atoms with Crippen LogP contribution >= 0.6 is 0 Å². The van der Waals surface area contributed by atoms with E-state index >= 15 is 0 Å². The third-order valence-electron chi connectivity index (χ3n) is 11.6. The standard InChI is InChI=1S/C28H41NO8/c1-6-29-12-26(13-35-14(2)30)8-7-22(34-5)28-18-9-17-20(36-15(3)31)11-27(33,19(25(28)29)10-21(26)28)23(18)24(17)37-16(4)32/h17-25,33H,6-13H2,1-5H3/t17-,18-,19+,20+,21-,22+,23-,24+,25?,26+,27+,28-/m1/s1. The number of methoxy groups -OCH3 is 1. The van der Waals surface area contributed by atoms with Crippen molar-refractivity contribution < 1.29 is 38.4 Å². The van der Waals surface area contributed by atoms with Crippen molar-refractivity contribution in [2.45, 2.75) is 89.8 Å². The first kappa shape index (κ1) is 25.6. The van der Waals surface area contributed by atoms with Gasteiger partial charge in [-0.3, -0.25) is 19.3 Å². The molecule has 0 aromatic rings. The smallest absolute Gasteiger partial charge is 0.302 e. The Balaban J connectivity index is 1.53. The van der Waals surface area contributed by atoms with Crippen molar-refractivity contribution in [3.05, 3.63) is 0 Å². The number of carbonyl (C=O) groups excluding carboxylic acids is 3. The zero-order valence-electron chi connectivity index (χ0n) is 22.6. The van der Waals surface area contributed by atoms with Gasteiger partial charge in [-0.2, -0.15) is 0 Å². The van der Waals surface area contributed by atoms with Crippen molar-refractivity contribution in [1.82, 2.24) is 4.90 Å². The van der Waals surface area contributed by atoms with Crippen LogP contribution in [0.5, 0.6) is 0 Å². The summed E-state index contributed by atoms with van der Waals surface area (Å²) in [6.07, 6.45) is 2.66. The topological polar surface area (TPSA) is 112 Å². The summed E-state index contributed by atoms with van der Waals surface area (Å²) in [5.74, 6) is -1.23. The second-order valence-electron chi connectivity index (χ2n) is 12.8. The van der Waals surface area contributed by atoms with Crippen LogP contribution in [0, 0.1) is 40.4 Å². The van der Waals surface area contributed by atoms with E-state index in [0.29, 0.717) is 19.4 Å². The number of piperidine rings is 1. The van der Waals surface area contributed by atoms with E-state index in [0.717, 1.165) is 32.4 Å². The van der Waals surface area contributed by atoms with Crippen molar-refractivity contribution in [2.75, 3.05) is 26.8 Å². The minimum absolute atomic E-state index is 0.00800. The molecule has 206 valence electrons. The molecule has 1 spiro atoms. The van der Waals surface area contributed by atoms with Gasteiger partial charge < -0.3 is 24.1 Å². The van der Waals surface area contributed by atoms with Crippen LogP contribution in [-0.4, -0.2) is 84.7 Å². The van der Waals surface area contributed by atoms with Crippen LogP contribution in [0.1, 0.15) is 59.8 Å². The third kappa shape index (κ3) is 3.16. The number of aliphatic hydroxyl groups is 1. The van der Waals surface area contributed by atoms with E-state index in [-0.39, 0.29) is 70.5 Å². The van der Waals surface area contributed by atoms with E-state index < -0.39 is 17.8 Å². The maximum Gasteiger partial charge on any atom is 0.302 e. The number of esters is 3. The lowest BCUT2D eigenvalue weighted by Crippen LogP contribution is -2.76. The van der Waals surface area contributed by atoms with Crippen LogP contribution < -0.4 is 0 Å². The van der Waals surface area contributed by atoms with Crippen molar-refractivity contribution in [1.29, 1.82) is 0 Å². The van der Waals surface area contributed by atoms with Crippen LogP contribution in [0.2, 0.25) is 0 Å². The molecule has 7 bridgehead atoms. The zero-order chi connectivity index (χ0) is 26.5. The fourth-order valence-electron chi connectivity index (χ4n) is 11.0. The van der Waals surface area contributed by atoms with Gasteiger partial charge in [0.2, 0.25) is 0 Å². The number of carbonyl (C=O) groups is 3. The van der Waals surface area contributed by atoms with Gasteiger partial charge in [0.15, 0.2) is 0 Å². The van der Waals surface area contributed by atoms with Crippen molar-refractivity contribution >= 4 is 17.9 Å². The number of ether oxygens (including phenoxy) is 4. The average Bonchev–Trinajstić information content (AvgIpc) is 3.27. The Labute approximate surface area is 218 Å². The Morgan fingerprint density at radius 3 is 2.38 bits per heavy atom. The molecule has 9 heteroatoms. The van der Waals surface area contributed by atoms with Gasteiger partial charge in [0.1, 0.15) is 12.2 Å². The first-order valence-corrected chi connectivity index (χ1v) is 14.0. The van der Waals surface area contributed by atoms with E-state index in [1.165, 1.54) is 20.8 Å². The van der Waals surface area contributed by atoms with E-state index in [1.54, 1.807) is 7.11 Å². The minimum atomic E-state index is -1.13. The quantitative estimate of drug-likeness (QED) is 0.416. The minimum Gasteiger partial charge on any atom is -0.465 e. The summed E-state index contributed by atoms with van der Waals surface area (Å²) in [6, 6.07) is 0.109. The number of rotatable bonds is 6. The van der Waals surface area contributed by atoms with Crippen LogP contribution in [0.3, 0.4) is 0 Å². The van der Waals surface area contributed by atoms with Gasteiger partial charge in [-0.05, 0) is 44.1 Å². The first-order chi connectivity index (χ1) is 17.5. The van der Waals surface area contributed by atoms with E-state index in [1.807, 2.05) is 0 Å². The Bertz CT molecular complexity index is 1000. The highest BCUT2D eigenvalue weighted by Gasteiger charge is 2.84. The molecular formula is C28H41NO8. The maximum atomic E-state index is 12.7. The number of hydrogen-bond acceptors (Lipinski definition) is 9. The lowest BCUT2D eigenvalue weighted by atomic mass is 9.43. The number of fused-ring (bicyclic) bond motifs is 2. The van der Waals surface area contributed by atoms with Gasteiger partial charge in [0, 0.05) is 75.5 Å². The molecule has 0 aromatic carbocycles. The summed E-state index contributed by atoms with van der Waals surface area (Å²) in [7, 11) is 1.80. The van der Waals surface area contributed by atoms with Crippen molar-refractivity contribution in [3.8, 4) is 0 Å². The van der Waals surface area contributed by atoms with E-state index in [4.69, 9.17) is 18.9 Å². The van der Waals surface area contributed by atoms with Gasteiger partial charge in [-0.25, -0.2) is 0 Å². The molecule has 1 heterocycles. The molecule has 0 amide bonds. The van der Waals surface area contributed by atoms with Crippen molar-refractivity contribution in [3.63, 3.8) is 0 Å². The van der Waals surface area contributed by atoms with Crippen LogP contribution in [0.25, 0.3) is 0 Å². The van der Waals surface area contributed by atoms with E-state index in [9.17, 15) is 19.5 Å². The van der Waals surface area contributed by atoms with E-state index in [2.05, 4.69) is 11.8 Å². The zero-order valence-corrected chi connectivity index (χ0v) is 22.6. The maximum absolute atomic E-state index is 12.7. The van der Waals surface area contributed by atoms with Gasteiger partial charge in [0.05, 0.1) is 18.3 Å². The lowest BCUT2D eigenvalue weighted by Gasteiger charge is -2.69. The molecule has 5 aliphatic carbocycles. The Hall–Kier alpha value is -1.71. The van der Waals surface area contributed by atoms with Crippen LogP contribution in [0.15, 0.2) is 0 Å². The predicted octanol–water partition coefficient (Wildman–Crippen LogP) is 1.94. The Morgan fingerprint density at radius 1 is 1.03 bits per heavy atom. The summed E-state index contributed by atoms with van der Waals surface area (Å²) < 4.78 is 23.9. The molecule has 6 fully saturated rings. The van der Waals surface area contributed by atoms with Crippen LogP contribution in [-0.2, 0) is 33.3 Å². The molecule has 12 atom stereocenters. The molecular weight excluding hydrogens is 478 g/mol. The van der Waals surface area contributed by atoms with Crippen LogP contribution in [0.4, 0.5) is 0 Å². The van der Waals surface area contributed by atoms with Gasteiger partial charge in [-0.1, -0.05) is 6.92 Å². The number of hydrogen-bond donors (Lipinski definition) is 1. The summed E-state index contributed by atoms with van der Waals surface area (Å²) in [5, 5.41) is 12.7. The van der Waals surface area contributed by atoms with Crippen molar-refractivity contribution in [2.24, 2.45) is 40.4 Å². The highest BCUT2D eigenvalue weighted by molar-refractivity contribution is 5.67. The second-order valence-corrected chi connectivity index (χ2v) is 12.8. The molecule has 0 aromatic heterocycles. The molecule has 6 aliphatic rings. The summed E-state index contributed by atoms with van der Waals surface area (Å²) in [4.78, 5) is 38.9. The van der Waals surface area contributed by atoms with Gasteiger partial charge >= 0.3 is 17.9 Å². The lowest BCUT2D eigenvalue weighted by molar-refractivity contribution is -0.277. The fourth-order valence-corrected chi connectivity index (χ4v) is 11.0. The highest BCUT2D eigenvalue weighted by Crippen LogP contribution is 2.79. The number of nitrogens with zero attached hydrogens (tertiary/aromatic N) is 1. The molecule has 1 unspecified atom stereocenters. The van der Waals surface area contributed by atoms with Gasteiger partial charge in [-0.15, -0.1) is 0 Å². The third-order valence-corrected chi connectivity index (χ3v) is 11.6. The normalized spacial score (nSPS) is 50.9. The number of likely N-dealkylation sites (tertiary alicyclic amines) is 1. The molecule has 5 saturated carbocycles. The Morgan fingerprint density at radius 2 is 1.76 bits per heavy atom. The highest BCUT2D eigenvalue weighted by atomic mass is 16.6. The molecule has 1 aliphatic heterocycles. The summed E-state index contributed by atoms with van der Waals surface area (Å²) in [5.41, 5.74) is -1.60. The molecule has 1 saturated heterocycles. The SMILES string of the molecule is CCN1C[C@]2(COC(C)=O)CC[C@H](OC)[C@]34C1[C@H](C[C@H]23)[C@@]1(O)C[C@H](OC(C)=O)[C@H]2C[C@@H]4[C@@H]1[C@H]2OC(C)=O. The monoisotopic (exact) mass is 519 g/mol. The summed E-state index contributed by atoms with van der Waals surface area (Å²) >= 11 is 0. The molecule has 37 heavy (non-hydrogen) atoms. The predicted molar refractivity (Wildman–Crippen MR) is 130 cm³/mol. The average molecular weight is 520 g/mol. The second kappa shape index (κ2) is 8.39. The fraction of sp³-hybridized carbons (Fsp3) is 0.893. The largest absolute Gasteiger partial charge is 0.465 e. The molecule has 0 radical (unpaired) electrons. The molecule has 1 N–H and O–H groups in total. The Kier molecular flexibility index (Phi) is 5.80. The first-order valence-electron chi connectivity index (χ1n) is 14.0. The van der Waals surface area contributed by atoms with Gasteiger partial charge in [0.25, 0.3) is 0 Å². The molecule has 9 nitrogen and oxygen atoms in total. The molecule has 6 rings (SSSR count). The summed E-state index contributed by atoms with van der Waals surface area (Å²) in [6.45, 7) is 8.49.